The second kappa shape index (κ2) is 25.5. The van der Waals surface area contributed by atoms with Gasteiger partial charge in [0.05, 0.1) is 19.7 Å². The van der Waals surface area contributed by atoms with Gasteiger partial charge in [0, 0.05) is 17.5 Å². The van der Waals surface area contributed by atoms with E-state index in [1.165, 1.54) is 89.0 Å². The molecular weight excluding hydrogens is 654 g/mol. The molecule has 0 radical (unpaired) electrons. The van der Waals surface area contributed by atoms with E-state index in [2.05, 4.69) is 13.8 Å². The molecule has 264 valence electrons. The molecule has 0 amide bonds. The number of rotatable bonds is 26. The number of hydrogen-bond donors (Lipinski definition) is 0. The van der Waals surface area contributed by atoms with Crippen molar-refractivity contribution in [2.75, 3.05) is 40.4 Å². The number of aryl methyl sites for hydroxylation is 1. The molecule has 0 spiro atoms. The molecule has 0 saturated carbocycles. The largest absolute Gasteiger partial charge is 1.00 e. The number of carbonyl (C=O) groups excluding carboxylic acids is 3. The number of halogens is 1. The number of quaternary nitrogens is 1. The molecule has 7 heteroatoms. The van der Waals surface area contributed by atoms with Gasteiger partial charge in [-0.3, -0.25) is 9.59 Å². The van der Waals surface area contributed by atoms with E-state index in [0.717, 1.165) is 19.3 Å². The van der Waals surface area contributed by atoms with Crippen LogP contribution in [0.1, 0.15) is 148 Å². The molecule has 2 rings (SSSR count). The Balaban J connectivity index is 0.0000110. The number of esters is 2. The molecular formula is C40H62BrNO5. The smallest absolute Gasteiger partial charge is 0.338 e. The van der Waals surface area contributed by atoms with Gasteiger partial charge < -0.3 is 30.9 Å². The monoisotopic (exact) mass is 715 g/mol. The summed E-state index contributed by atoms with van der Waals surface area (Å²) in [6.07, 6.45) is 20.3. The Labute approximate surface area is 296 Å². The van der Waals surface area contributed by atoms with Gasteiger partial charge in [-0.2, -0.15) is 0 Å². The Hall–Kier alpha value is -2.51. The lowest BCUT2D eigenvalue weighted by Crippen LogP contribution is -3.00. The van der Waals surface area contributed by atoms with Gasteiger partial charge in [-0.1, -0.05) is 134 Å². The van der Waals surface area contributed by atoms with Gasteiger partial charge in [0.1, 0.15) is 26.3 Å². The molecule has 0 aliphatic carbocycles. The molecule has 0 atom stereocenters. The number of ether oxygens (including phenoxy) is 2. The zero-order valence-electron chi connectivity index (χ0n) is 29.8. The Morgan fingerprint density at radius 3 is 1.51 bits per heavy atom. The first kappa shape index (κ1) is 42.5. The third kappa shape index (κ3) is 19.2. The zero-order chi connectivity index (χ0) is 33.5. The van der Waals surface area contributed by atoms with Crippen LogP contribution in [-0.2, 0) is 20.7 Å². The van der Waals surface area contributed by atoms with Crippen molar-refractivity contribution >= 4 is 17.7 Å². The molecule has 0 fully saturated rings. The molecule has 6 nitrogen and oxygen atoms in total. The first-order valence-electron chi connectivity index (χ1n) is 18.1. The number of nitrogens with zero attached hydrogens (tertiary/aromatic N) is 1. The van der Waals surface area contributed by atoms with E-state index in [-0.39, 0.29) is 35.3 Å². The molecule has 0 aliphatic heterocycles. The maximum Gasteiger partial charge on any atom is 0.338 e. The third-order valence-electron chi connectivity index (χ3n) is 8.79. The van der Waals surface area contributed by atoms with Crippen molar-refractivity contribution in [1.29, 1.82) is 0 Å². The number of likely N-dealkylation sites (N-methyl/N-ethyl adjacent to an activating group) is 1. The highest BCUT2D eigenvalue weighted by atomic mass is 79.9. The summed E-state index contributed by atoms with van der Waals surface area (Å²) in [7, 11) is 4.07. The molecule has 0 bridgehead atoms. The van der Waals surface area contributed by atoms with E-state index in [1.807, 2.05) is 38.4 Å². The first-order valence-corrected chi connectivity index (χ1v) is 18.1. The topological polar surface area (TPSA) is 69.7 Å². The van der Waals surface area contributed by atoms with E-state index in [1.54, 1.807) is 24.3 Å². The Kier molecular flexibility index (Phi) is 23.1. The van der Waals surface area contributed by atoms with Gasteiger partial charge in [0.2, 0.25) is 0 Å². The highest BCUT2D eigenvalue weighted by molar-refractivity contribution is 6.09. The van der Waals surface area contributed by atoms with Gasteiger partial charge in [0.25, 0.3) is 0 Å². The van der Waals surface area contributed by atoms with E-state index >= 15 is 0 Å². The summed E-state index contributed by atoms with van der Waals surface area (Å²) in [5.41, 5.74) is 2.86. The van der Waals surface area contributed by atoms with Crippen molar-refractivity contribution in [3.8, 4) is 0 Å². The molecule has 2 aromatic carbocycles. The van der Waals surface area contributed by atoms with Crippen LogP contribution in [0.5, 0.6) is 0 Å². The van der Waals surface area contributed by atoms with Crippen LogP contribution in [-0.4, -0.2) is 62.6 Å². The van der Waals surface area contributed by atoms with E-state index in [0.29, 0.717) is 47.3 Å². The average molecular weight is 717 g/mol. The van der Waals surface area contributed by atoms with Crippen LogP contribution in [0.2, 0.25) is 0 Å². The van der Waals surface area contributed by atoms with Crippen LogP contribution in [0.3, 0.4) is 0 Å². The zero-order valence-corrected chi connectivity index (χ0v) is 31.4. The van der Waals surface area contributed by atoms with Crippen molar-refractivity contribution in [2.24, 2.45) is 0 Å². The van der Waals surface area contributed by atoms with Gasteiger partial charge in [-0.05, 0) is 37.0 Å². The second-order valence-corrected chi connectivity index (χ2v) is 13.4. The number of carbonyl (C=O) groups is 3. The first-order chi connectivity index (χ1) is 22.3. The standard InChI is InChI=1S/C40H62NO5.BrH/c1-5-7-9-11-12-13-14-15-16-17-19-21-38(42)45-32-30-41(3,4)31-33-46-40(44)37-28-26-36(27-29-37)39(43)35-24-22-34(23-25-35)20-18-10-8-6-2;/h22-29H,5-21,30-33H2,1-4H3;1H/q+1;/p-1. The number of hydrogen-bond acceptors (Lipinski definition) is 5. The second-order valence-electron chi connectivity index (χ2n) is 13.4. The Morgan fingerprint density at radius 2 is 0.979 bits per heavy atom. The van der Waals surface area contributed by atoms with Crippen molar-refractivity contribution < 1.29 is 45.3 Å². The van der Waals surface area contributed by atoms with Gasteiger partial charge in [0.15, 0.2) is 5.78 Å². The normalized spacial score (nSPS) is 11.1. The predicted molar refractivity (Wildman–Crippen MR) is 188 cm³/mol. The van der Waals surface area contributed by atoms with Gasteiger partial charge in [-0.25, -0.2) is 4.79 Å². The lowest BCUT2D eigenvalue weighted by atomic mass is 9.99. The SMILES string of the molecule is CCCCCCCCCCCCCC(=O)OCC[N+](C)(C)CCOC(=O)c1ccc(C(=O)c2ccc(CCCCCC)cc2)cc1.[Br-]. The lowest BCUT2D eigenvalue weighted by molar-refractivity contribution is -0.890. The summed E-state index contributed by atoms with van der Waals surface area (Å²) in [5.74, 6) is -0.597. The number of benzene rings is 2. The maximum absolute atomic E-state index is 12.9. The van der Waals surface area contributed by atoms with Gasteiger partial charge >= 0.3 is 11.9 Å². The van der Waals surface area contributed by atoms with Crippen molar-refractivity contribution in [2.45, 2.75) is 123 Å². The molecule has 0 aromatic heterocycles. The molecule has 47 heavy (non-hydrogen) atoms. The fraction of sp³-hybridized carbons (Fsp3) is 0.625. The highest BCUT2D eigenvalue weighted by Gasteiger charge is 2.18. The summed E-state index contributed by atoms with van der Waals surface area (Å²) in [6, 6.07) is 14.5. The fourth-order valence-corrected chi connectivity index (χ4v) is 5.50. The predicted octanol–water partition coefficient (Wildman–Crippen LogP) is 6.52. The summed E-state index contributed by atoms with van der Waals surface area (Å²) in [4.78, 5) is 37.7. The number of ketones is 1. The molecule has 0 aliphatic rings. The van der Waals surface area contributed by atoms with Crippen LogP contribution < -0.4 is 17.0 Å². The molecule has 0 saturated heterocycles. The molecule has 0 heterocycles. The van der Waals surface area contributed by atoms with E-state index in [9.17, 15) is 14.4 Å². The molecule has 0 N–H and O–H groups in total. The van der Waals surface area contributed by atoms with Crippen LogP contribution >= 0.6 is 0 Å². The van der Waals surface area contributed by atoms with Crippen LogP contribution in [0.25, 0.3) is 0 Å². The van der Waals surface area contributed by atoms with Gasteiger partial charge in [-0.15, -0.1) is 0 Å². The maximum atomic E-state index is 12.9. The Bertz CT molecular complexity index is 1130. The van der Waals surface area contributed by atoms with Crippen molar-refractivity contribution in [1.82, 2.24) is 0 Å². The average Bonchev–Trinajstić information content (AvgIpc) is 3.05. The van der Waals surface area contributed by atoms with Crippen molar-refractivity contribution in [3.63, 3.8) is 0 Å². The summed E-state index contributed by atoms with van der Waals surface area (Å²) in [6.45, 7) is 6.33. The minimum Gasteiger partial charge on any atom is -1.00 e. The quantitative estimate of drug-likeness (QED) is 0.0480. The van der Waals surface area contributed by atoms with Crippen LogP contribution in [0, 0.1) is 0 Å². The van der Waals surface area contributed by atoms with Crippen LogP contribution in [0.4, 0.5) is 0 Å². The minimum atomic E-state index is -0.412. The minimum absolute atomic E-state index is 0. The summed E-state index contributed by atoms with van der Waals surface area (Å²) < 4.78 is 11.6. The highest BCUT2D eigenvalue weighted by Crippen LogP contribution is 2.16. The Morgan fingerprint density at radius 1 is 0.553 bits per heavy atom. The number of unbranched alkanes of at least 4 members (excludes halogenated alkanes) is 13. The lowest BCUT2D eigenvalue weighted by Gasteiger charge is -2.29. The molecule has 2 aromatic rings. The summed E-state index contributed by atoms with van der Waals surface area (Å²) in [5, 5.41) is 0. The fourth-order valence-electron chi connectivity index (χ4n) is 5.50. The third-order valence-corrected chi connectivity index (χ3v) is 8.79. The van der Waals surface area contributed by atoms with E-state index in [4.69, 9.17) is 9.47 Å². The molecule has 0 unspecified atom stereocenters. The van der Waals surface area contributed by atoms with Crippen molar-refractivity contribution in [3.05, 3.63) is 70.8 Å². The van der Waals surface area contributed by atoms with Crippen LogP contribution in [0.15, 0.2) is 48.5 Å². The summed E-state index contributed by atoms with van der Waals surface area (Å²) >= 11 is 0. The van der Waals surface area contributed by atoms with E-state index < -0.39 is 5.97 Å².